The number of carboxylic acid groups (broad SMARTS) is 1. The lowest BCUT2D eigenvalue weighted by Crippen LogP contribution is -2.41. The molecular formula is C14H20N2O4. The number of aliphatic hydroxyl groups excluding tert-OH is 1. The number of likely N-dealkylation sites (N-methyl/N-ethyl adjacent to an activating group) is 1. The second kappa shape index (κ2) is 8.29. The molecule has 110 valence electrons. The number of rotatable bonds is 8. The van der Waals surface area contributed by atoms with Crippen LogP contribution in [0.25, 0.3) is 0 Å². The van der Waals surface area contributed by atoms with Crippen LogP contribution in [0.15, 0.2) is 24.3 Å². The molecule has 1 unspecified atom stereocenters. The first-order chi connectivity index (χ1) is 9.60. The smallest absolute Gasteiger partial charge is 0.326 e. The first-order valence-corrected chi connectivity index (χ1v) is 6.47. The van der Waals surface area contributed by atoms with Crippen LogP contribution < -0.4 is 10.6 Å². The van der Waals surface area contributed by atoms with Gasteiger partial charge in [0, 0.05) is 18.6 Å². The first kappa shape index (κ1) is 16.1. The largest absolute Gasteiger partial charge is 0.480 e. The van der Waals surface area contributed by atoms with Crippen molar-refractivity contribution >= 4 is 11.9 Å². The van der Waals surface area contributed by atoms with Gasteiger partial charge in [-0.05, 0) is 31.6 Å². The molecule has 0 aromatic heterocycles. The third-order valence-electron chi connectivity index (χ3n) is 2.93. The molecule has 1 rings (SSSR count). The molecule has 1 aromatic rings. The highest BCUT2D eigenvalue weighted by atomic mass is 16.4. The van der Waals surface area contributed by atoms with Crippen molar-refractivity contribution in [2.75, 3.05) is 20.2 Å². The van der Waals surface area contributed by atoms with Gasteiger partial charge >= 0.3 is 5.97 Å². The van der Waals surface area contributed by atoms with E-state index in [4.69, 9.17) is 10.2 Å². The molecule has 1 atom stereocenters. The monoisotopic (exact) mass is 280 g/mol. The van der Waals surface area contributed by atoms with Crippen molar-refractivity contribution in [3.63, 3.8) is 0 Å². The fourth-order valence-electron chi connectivity index (χ4n) is 1.84. The maximum Gasteiger partial charge on any atom is 0.326 e. The third kappa shape index (κ3) is 4.64. The summed E-state index contributed by atoms with van der Waals surface area (Å²) in [5, 5.41) is 23.2. The van der Waals surface area contributed by atoms with Crippen LogP contribution in [0.5, 0.6) is 0 Å². The highest BCUT2D eigenvalue weighted by Gasteiger charge is 2.21. The summed E-state index contributed by atoms with van der Waals surface area (Å²) < 4.78 is 0. The van der Waals surface area contributed by atoms with Gasteiger partial charge in [0.05, 0.1) is 0 Å². The van der Waals surface area contributed by atoms with Crippen molar-refractivity contribution in [2.45, 2.75) is 18.9 Å². The zero-order valence-corrected chi connectivity index (χ0v) is 11.4. The van der Waals surface area contributed by atoms with E-state index in [9.17, 15) is 9.59 Å². The summed E-state index contributed by atoms with van der Waals surface area (Å²) in [6, 6.07) is 6.00. The maximum atomic E-state index is 12.1. The molecule has 0 aliphatic heterocycles. The summed E-state index contributed by atoms with van der Waals surface area (Å²) in [7, 11) is 1.82. The molecule has 0 aliphatic rings. The summed E-state index contributed by atoms with van der Waals surface area (Å²) in [6.45, 7) is 0.432. The molecule has 6 nitrogen and oxygen atoms in total. The number of nitrogens with one attached hydrogen (secondary N) is 2. The molecule has 0 bridgehead atoms. The SMILES string of the molecule is CNCCc1ccccc1C(=O)NC(CCO)C(=O)O. The van der Waals surface area contributed by atoms with Gasteiger partial charge in [-0.2, -0.15) is 0 Å². The normalized spacial score (nSPS) is 11.9. The van der Waals surface area contributed by atoms with Crippen LogP contribution in [-0.2, 0) is 11.2 Å². The molecule has 0 radical (unpaired) electrons. The zero-order valence-electron chi connectivity index (χ0n) is 11.4. The number of carbonyl (C=O) groups is 2. The molecule has 0 heterocycles. The van der Waals surface area contributed by atoms with Gasteiger partial charge < -0.3 is 20.8 Å². The van der Waals surface area contributed by atoms with Crippen molar-refractivity contribution < 1.29 is 19.8 Å². The van der Waals surface area contributed by atoms with Crippen molar-refractivity contribution in [3.8, 4) is 0 Å². The van der Waals surface area contributed by atoms with Gasteiger partial charge in [-0.1, -0.05) is 18.2 Å². The molecule has 1 amide bonds. The van der Waals surface area contributed by atoms with Gasteiger partial charge in [0.2, 0.25) is 0 Å². The lowest BCUT2D eigenvalue weighted by molar-refractivity contribution is -0.139. The van der Waals surface area contributed by atoms with E-state index in [1.807, 2.05) is 19.2 Å². The molecule has 20 heavy (non-hydrogen) atoms. The van der Waals surface area contributed by atoms with Crippen molar-refractivity contribution in [3.05, 3.63) is 35.4 Å². The zero-order chi connectivity index (χ0) is 15.0. The van der Waals surface area contributed by atoms with Crippen LogP contribution in [0.3, 0.4) is 0 Å². The fraction of sp³-hybridized carbons (Fsp3) is 0.429. The Hall–Kier alpha value is -1.92. The number of carbonyl (C=O) groups excluding carboxylic acids is 1. The summed E-state index contributed by atoms with van der Waals surface area (Å²) in [4.78, 5) is 23.1. The second-order valence-electron chi connectivity index (χ2n) is 4.39. The summed E-state index contributed by atoms with van der Waals surface area (Å²) in [5.74, 6) is -1.59. The lowest BCUT2D eigenvalue weighted by atomic mass is 10.0. The van der Waals surface area contributed by atoms with E-state index in [0.717, 1.165) is 12.1 Å². The Labute approximate surface area is 117 Å². The molecule has 4 N–H and O–H groups in total. The number of aliphatic carboxylic acids is 1. The van der Waals surface area contributed by atoms with E-state index in [-0.39, 0.29) is 13.0 Å². The summed E-state index contributed by atoms with van der Waals surface area (Å²) in [5.41, 5.74) is 1.32. The van der Waals surface area contributed by atoms with Crippen LogP contribution in [0.1, 0.15) is 22.3 Å². The average Bonchev–Trinajstić information content (AvgIpc) is 2.44. The van der Waals surface area contributed by atoms with Gasteiger partial charge in [-0.15, -0.1) is 0 Å². The maximum absolute atomic E-state index is 12.1. The Morgan fingerprint density at radius 3 is 2.60 bits per heavy atom. The topological polar surface area (TPSA) is 98.7 Å². The van der Waals surface area contributed by atoms with Crippen molar-refractivity contribution in [1.29, 1.82) is 0 Å². The van der Waals surface area contributed by atoms with Gasteiger partial charge in [0.25, 0.3) is 5.91 Å². The number of carboxylic acids is 1. The number of hydrogen-bond acceptors (Lipinski definition) is 4. The van der Waals surface area contributed by atoms with Crippen LogP contribution in [0.4, 0.5) is 0 Å². The molecule has 1 aromatic carbocycles. The fourth-order valence-corrected chi connectivity index (χ4v) is 1.84. The Morgan fingerprint density at radius 1 is 1.30 bits per heavy atom. The number of aliphatic hydroxyl groups is 1. The Bertz CT molecular complexity index is 462. The number of amides is 1. The molecule has 6 heteroatoms. The minimum atomic E-state index is -1.15. The minimum absolute atomic E-state index is 0.0141. The number of hydrogen-bond donors (Lipinski definition) is 4. The highest BCUT2D eigenvalue weighted by molar-refractivity contribution is 5.97. The predicted molar refractivity (Wildman–Crippen MR) is 74.7 cm³/mol. The van der Waals surface area contributed by atoms with E-state index in [2.05, 4.69) is 10.6 Å². The summed E-state index contributed by atoms with van der Waals surface area (Å²) in [6.07, 6.45) is 0.664. The van der Waals surface area contributed by atoms with Crippen LogP contribution >= 0.6 is 0 Å². The van der Waals surface area contributed by atoms with E-state index < -0.39 is 17.9 Å². The standard InChI is InChI=1S/C14H20N2O4/c1-15-8-6-10-4-2-3-5-11(10)13(18)16-12(7-9-17)14(19)20/h2-5,12,15,17H,6-9H2,1H3,(H,16,18)(H,19,20). The molecular weight excluding hydrogens is 260 g/mol. The third-order valence-corrected chi connectivity index (χ3v) is 2.93. The number of benzene rings is 1. The molecule has 0 aliphatic carbocycles. The Balaban J connectivity index is 2.82. The second-order valence-corrected chi connectivity index (χ2v) is 4.39. The van der Waals surface area contributed by atoms with Crippen LogP contribution in [0, 0.1) is 0 Å². The Morgan fingerprint density at radius 2 is 2.00 bits per heavy atom. The van der Waals surface area contributed by atoms with Crippen LogP contribution in [-0.4, -0.2) is 48.3 Å². The van der Waals surface area contributed by atoms with E-state index in [0.29, 0.717) is 12.0 Å². The average molecular weight is 280 g/mol. The van der Waals surface area contributed by atoms with E-state index >= 15 is 0 Å². The van der Waals surface area contributed by atoms with Crippen molar-refractivity contribution in [1.82, 2.24) is 10.6 Å². The molecule has 0 fully saturated rings. The van der Waals surface area contributed by atoms with Crippen molar-refractivity contribution in [2.24, 2.45) is 0 Å². The molecule has 0 saturated heterocycles. The first-order valence-electron chi connectivity index (χ1n) is 6.47. The highest BCUT2D eigenvalue weighted by Crippen LogP contribution is 2.10. The van der Waals surface area contributed by atoms with E-state index in [1.54, 1.807) is 12.1 Å². The lowest BCUT2D eigenvalue weighted by Gasteiger charge is -2.15. The van der Waals surface area contributed by atoms with Crippen LogP contribution in [0.2, 0.25) is 0 Å². The van der Waals surface area contributed by atoms with Gasteiger partial charge in [-0.3, -0.25) is 4.79 Å². The van der Waals surface area contributed by atoms with Gasteiger partial charge in [-0.25, -0.2) is 4.79 Å². The quantitative estimate of drug-likeness (QED) is 0.538. The molecule has 0 spiro atoms. The van der Waals surface area contributed by atoms with Gasteiger partial charge in [0.1, 0.15) is 6.04 Å². The van der Waals surface area contributed by atoms with E-state index in [1.165, 1.54) is 0 Å². The Kier molecular flexibility index (Phi) is 6.69. The predicted octanol–water partition coefficient (Wildman–Crippen LogP) is 0.0139. The van der Waals surface area contributed by atoms with Gasteiger partial charge in [0.15, 0.2) is 0 Å². The minimum Gasteiger partial charge on any atom is -0.480 e. The summed E-state index contributed by atoms with van der Waals surface area (Å²) >= 11 is 0. The molecule has 0 saturated carbocycles.